The largest absolute Gasteiger partial charge is 0.384 e. The molecule has 0 radical (unpaired) electrons. The van der Waals surface area contributed by atoms with E-state index >= 15 is 0 Å². The average Bonchev–Trinajstić information content (AvgIpc) is 2.61. The molecule has 1 aromatic heterocycles. The summed E-state index contributed by atoms with van der Waals surface area (Å²) in [7, 11) is 0. The number of unbranched alkanes of at least 4 members (excludes halogenated alkanes) is 1. The Hall–Kier alpha value is -1.90. The summed E-state index contributed by atoms with van der Waals surface area (Å²) >= 11 is 0. The number of benzene rings is 1. The zero-order valence-electron chi connectivity index (χ0n) is 14.5. The van der Waals surface area contributed by atoms with Gasteiger partial charge in [-0.2, -0.15) is 0 Å². The number of aromatic nitrogens is 1. The summed E-state index contributed by atoms with van der Waals surface area (Å²) in [6, 6.07) is 9.61. The van der Waals surface area contributed by atoms with Crippen LogP contribution in [-0.2, 0) is 0 Å². The molecule has 3 rings (SSSR count). The van der Waals surface area contributed by atoms with E-state index < -0.39 is 0 Å². The molecule has 0 aliphatic heterocycles. The average molecular weight is 326 g/mol. The smallest absolute Gasteiger partial charge is 0.136 e. The van der Waals surface area contributed by atoms with Crippen molar-refractivity contribution in [2.45, 2.75) is 57.8 Å². The molecule has 2 nitrogen and oxygen atoms in total. The highest BCUT2D eigenvalue weighted by atomic mass is 19.1. The first-order valence-corrected chi connectivity index (χ1v) is 9.18. The quantitative estimate of drug-likeness (QED) is 0.739. The SMILES string of the molecule is CCCCC1CCC(c2ccc(-c3cnc(N)cc3F)cc2)CC1. The third-order valence-electron chi connectivity index (χ3n) is 5.38. The van der Waals surface area contributed by atoms with Crippen LogP contribution < -0.4 is 5.73 Å². The van der Waals surface area contributed by atoms with E-state index in [-0.39, 0.29) is 11.6 Å². The van der Waals surface area contributed by atoms with Gasteiger partial charge in [-0.3, -0.25) is 0 Å². The molecule has 2 N–H and O–H groups in total. The second-order valence-corrected chi connectivity index (χ2v) is 7.07. The molecule has 0 spiro atoms. The van der Waals surface area contributed by atoms with Crippen molar-refractivity contribution in [1.82, 2.24) is 4.98 Å². The fourth-order valence-corrected chi connectivity index (χ4v) is 3.87. The van der Waals surface area contributed by atoms with Crippen molar-refractivity contribution >= 4 is 5.82 Å². The van der Waals surface area contributed by atoms with Crippen LogP contribution in [0.25, 0.3) is 11.1 Å². The summed E-state index contributed by atoms with van der Waals surface area (Å²) in [6.45, 7) is 2.27. The highest BCUT2D eigenvalue weighted by Gasteiger charge is 2.22. The van der Waals surface area contributed by atoms with E-state index in [1.807, 2.05) is 12.1 Å². The Labute approximate surface area is 144 Å². The van der Waals surface area contributed by atoms with Crippen molar-refractivity contribution in [3.05, 3.63) is 47.9 Å². The summed E-state index contributed by atoms with van der Waals surface area (Å²) in [4.78, 5) is 4.00. The first-order valence-electron chi connectivity index (χ1n) is 9.18. The molecule has 0 unspecified atom stereocenters. The lowest BCUT2D eigenvalue weighted by Crippen LogP contribution is -2.13. The van der Waals surface area contributed by atoms with E-state index in [2.05, 4.69) is 24.0 Å². The maximum atomic E-state index is 14.0. The lowest BCUT2D eigenvalue weighted by atomic mass is 9.77. The van der Waals surface area contributed by atoms with Crippen molar-refractivity contribution in [2.24, 2.45) is 5.92 Å². The molecule has 1 saturated carbocycles. The number of hydrogen-bond acceptors (Lipinski definition) is 2. The number of nitrogen functional groups attached to an aromatic ring is 1. The van der Waals surface area contributed by atoms with Crippen LogP contribution in [0, 0.1) is 11.7 Å². The minimum Gasteiger partial charge on any atom is -0.384 e. The van der Waals surface area contributed by atoms with E-state index in [4.69, 9.17) is 5.73 Å². The number of halogens is 1. The number of anilines is 1. The van der Waals surface area contributed by atoms with Crippen LogP contribution in [0.1, 0.15) is 63.4 Å². The maximum absolute atomic E-state index is 14.0. The molecule has 1 aliphatic carbocycles. The van der Waals surface area contributed by atoms with E-state index in [1.54, 1.807) is 0 Å². The molecule has 0 amide bonds. The summed E-state index contributed by atoms with van der Waals surface area (Å²) in [5.74, 6) is 1.49. The van der Waals surface area contributed by atoms with Gasteiger partial charge in [-0.15, -0.1) is 0 Å². The molecule has 0 saturated heterocycles. The van der Waals surface area contributed by atoms with Gasteiger partial charge in [0.25, 0.3) is 0 Å². The van der Waals surface area contributed by atoms with Crippen molar-refractivity contribution in [3.8, 4) is 11.1 Å². The van der Waals surface area contributed by atoms with Gasteiger partial charge >= 0.3 is 0 Å². The Morgan fingerprint density at radius 2 is 1.83 bits per heavy atom. The van der Waals surface area contributed by atoms with E-state index in [9.17, 15) is 4.39 Å². The van der Waals surface area contributed by atoms with Crippen molar-refractivity contribution in [2.75, 3.05) is 5.73 Å². The number of nitrogens with zero attached hydrogens (tertiary/aromatic N) is 1. The summed E-state index contributed by atoms with van der Waals surface area (Å²) in [5, 5.41) is 0. The minimum atomic E-state index is -0.313. The van der Waals surface area contributed by atoms with Gasteiger partial charge in [0.15, 0.2) is 0 Å². The van der Waals surface area contributed by atoms with E-state index in [0.717, 1.165) is 11.5 Å². The van der Waals surface area contributed by atoms with Gasteiger partial charge in [0.1, 0.15) is 11.6 Å². The molecule has 2 aromatic rings. The molecule has 24 heavy (non-hydrogen) atoms. The number of hydrogen-bond donors (Lipinski definition) is 1. The Morgan fingerprint density at radius 3 is 2.46 bits per heavy atom. The predicted octanol–water partition coefficient (Wildman–Crippen LogP) is 5.93. The fourth-order valence-electron chi connectivity index (χ4n) is 3.87. The van der Waals surface area contributed by atoms with Gasteiger partial charge < -0.3 is 5.73 Å². The van der Waals surface area contributed by atoms with Gasteiger partial charge in [-0.1, -0.05) is 50.5 Å². The zero-order chi connectivity index (χ0) is 16.9. The summed E-state index contributed by atoms with van der Waals surface area (Å²) in [5.41, 5.74) is 8.28. The fraction of sp³-hybridized carbons (Fsp3) is 0.476. The molecule has 0 atom stereocenters. The molecule has 1 heterocycles. The van der Waals surface area contributed by atoms with Crippen LogP contribution in [-0.4, -0.2) is 4.98 Å². The first-order chi connectivity index (χ1) is 11.7. The van der Waals surface area contributed by atoms with Gasteiger partial charge in [-0.05, 0) is 48.6 Å². The molecule has 3 heteroatoms. The topological polar surface area (TPSA) is 38.9 Å². The van der Waals surface area contributed by atoms with E-state index in [0.29, 0.717) is 11.5 Å². The lowest BCUT2D eigenvalue weighted by molar-refractivity contribution is 0.304. The maximum Gasteiger partial charge on any atom is 0.136 e. The molecule has 1 fully saturated rings. The highest BCUT2D eigenvalue weighted by Crippen LogP contribution is 2.38. The Balaban J connectivity index is 1.65. The molecular weight excluding hydrogens is 299 g/mol. The minimum absolute atomic E-state index is 0.215. The molecule has 1 aromatic carbocycles. The molecule has 0 bridgehead atoms. The molecule has 1 aliphatic rings. The zero-order valence-corrected chi connectivity index (χ0v) is 14.5. The van der Waals surface area contributed by atoms with Crippen LogP contribution in [0.2, 0.25) is 0 Å². The standard InChI is InChI=1S/C21H27FN2/c1-2-3-4-15-5-7-16(8-6-15)17-9-11-18(12-10-17)19-14-24-21(23)13-20(19)22/h9-16H,2-8H2,1H3,(H2,23,24). The summed E-state index contributed by atoms with van der Waals surface area (Å²) < 4.78 is 14.0. The van der Waals surface area contributed by atoms with E-state index in [1.165, 1.54) is 62.8 Å². The van der Waals surface area contributed by atoms with Gasteiger partial charge in [-0.25, -0.2) is 9.37 Å². The van der Waals surface area contributed by atoms with Gasteiger partial charge in [0, 0.05) is 17.8 Å². The Kier molecular flexibility index (Phi) is 5.49. The number of nitrogens with two attached hydrogens (primary N) is 1. The van der Waals surface area contributed by atoms with Crippen molar-refractivity contribution < 1.29 is 4.39 Å². The van der Waals surface area contributed by atoms with Crippen LogP contribution in [0.3, 0.4) is 0 Å². The van der Waals surface area contributed by atoms with Gasteiger partial charge in [0.05, 0.1) is 0 Å². The highest BCUT2D eigenvalue weighted by molar-refractivity contribution is 5.64. The Bertz CT molecular complexity index is 658. The third kappa shape index (κ3) is 3.95. The Morgan fingerprint density at radius 1 is 1.12 bits per heavy atom. The van der Waals surface area contributed by atoms with Crippen LogP contribution >= 0.6 is 0 Å². The molecular formula is C21H27FN2. The van der Waals surface area contributed by atoms with Crippen LogP contribution in [0.5, 0.6) is 0 Å². The number of pyridine rings is 1. The van der Waals surface area contributed by atoms with Crippen LogP contribution in [0.15, 0.2) is 36.5 Å². The first kappa shape index (κ1) is 16.9. The molecule has 128 valence electrons. The summed E-state index contributed by atoms with van der Waals surface area (Å²) in [6.07, 6.45) is 10.8. The van der Waals surface area contributed by atoms with Gasteiger partial charge in [0.2, 0.25) is 0 Å². The lowest BCUT2D eigenvalue weighted by Gasteiger charge is -2.29. The van der Waals surface area contributed by atoms with Crippen molar-refractivity contribution in [1.29, 1.82) is 0 Å². The van der Waals surface area contributed by atoms with Crippen LogP contribution in [0.4, 0.5) is 10.2 Å². The second kappa shape index (κ2) is 7.78. The number of rotatable bonds is 5. The predicted molar refractivity (Wildman–Crippen MR) is 98.3 cm³/mol. The van der Waals surface area contributed by atoms with Crippen molar-refractivity contribution in [3.63, 3.8) is 0 Å². The normalized spacial score (nSPS) is 20.9. The monoisotopic (exact) mass is 326 g/mol. The third-order valence-corrected chi connectivity index (χ3v) is 5.38. The second-order valence-electron chi connectivity index (χ2n) is 7.07.